The minimum atomic E-state index is -3.87. The van der Waals surface area contributed by atoms with Crippen LogP contribution in [0.1, 0.15) is 26.7 Å². The lowest BCUT2D eigenvalue weighted by Crippen LogP contribution is -2.54. The third kappa shape index (κ3) is 5.15. The largest absolute Gasteiger partial charge is 0.449 e. The van der Waals surface area contributed by atoms with E-state index in [1.54, 1.807) is 6.92 Å². The average molecular weight is 318 g/mol. The number of hydrogen-bond donors (Lipinski definition) is 1. The number of nitrogens with one attached hydrogen (secondary N) is 1. The molecule has 1 saturated heterocycles. The standard InChI is InChI=1S/C12H22N4O4S/c1-3-5-11(10-13)15-6-8-16(9-7-15)21(18,19)14-12(17)20-4-2/h11H,3-9H2,1-2H3,(H,14,17). The van der Waals surface area contributed by atoms with Gasteiger partial charge in [-0.3, -0.25) is 4.90 Å². The SMILES string of the molecule is CCCC(C#N)N1CCN(S(=O)(=O)NC(=O)OCC)CC1. The Morgan fingerprint density at radius 3 is 2.43 bits per heavy atom. The van der Waals surface area contributed by atoms with Gasteiger partial charge in [0.05, 0.1) is 18.7 Å². The van der Waals surface area contributed by atoms with Crippen LogP contribution in [-0.2, 0) is 14.9 Å². The molecule has 0 bridgehead atoms. The van der Waals surface area contributed by atoms with Gasteiger partial charge in [-0.2, -0.15) is 18.0 Å². The summed E-state index contributed by atoms with van der Waals surface area (Å²) in [6.07, 6.45) is 0.701. The molecule has 0 aromatic rings. The Labute approximate surface area is 125 Å². The minimum Gasteiger partial charge on any atom is -0.449 e. The molecule has 1 unspecified atom stereocenters. The summed E-state index contributed by atoms with van der Waals surface area (Å²) in [4.78, 5) is 13.2. The van der Waals surface area contributed by atoms with Crippen LogP contribution in [-0.4, -0.2) is 62.5 Å². The number of nitrogens with zero attached hydrogens (tertiary/aromatic N) is 3. The quantitative estimate of drug-likeness (QED) is 0.755. The first kappa shape index (κ1) is 17.7. The highest BCUT2D eigenvalue weighted by molar-refractivity contribution is 7.87. The Hall–Kier alpha value is -1.37. The van der Waals surface area contributed by atoms with E-state index in [-0.39, 0.29) is 25.7 Å². The maximum Gasteiger partial charge on any atom is 0.421 e. The van der Waals surface area contributed by atoms with Gasteiger partial charge in [0.2, 0.25) is 0 Å². The molecule has 9 heteroatoms. The van der Waals surface area contributed by atoms with Crippen molar-refractivity contribution in [2.75, 3.05) is 32.8 Å². The topological polar surface area (TPSA) is 103 Å². The maximum atomic E-state index is 12.0. The number of carbonyl (C=O) groups excluding carboxylic acids is 1. The number of hydrogen-bond acceptors (Lipinski definition) is 6. The molecule has 21 heavy (non-hydrogen) atoms. The summed E-state index contributed by atoms with van der Waals surface area (Å²) < 4.78 is 31.6. The van der Waals surface area contributed by atoms with Gasteiger partial charge in [0.15, 0.2) is 0 Å². The van der Waals surface area contributed by atoms with Gasteiger partial charge in [0.1, 0.15) is 0 Å². The lowest BCUT2D eigenvalue weighted by molar-refractivity contribution is 0.149. The van der Waals surface area contributed by atoms with Crippen molar-refractivity contribution in [2.24, 2.45) is 0 Å². The molecule has 0 aliphatic carbocycles. The van der Waals surface area contributed by atoms with E-state index >= 15 is 0 Å². The van der Waals surface area contributed by atoms with Gasteiger partial charge in [0.25, 0.3) is 0 Å². The van der Waals surface area contributed by atoms with Crippen LogP contribution >= 0.6 is 0 Å². The van der Waals surface area contributed by atoms with E-state index in [4.69, 9.17) is 5.26 Å². The van der Waals surface area contributed by atoms with Crippen LogP contribution in [0.15, 0.2) is 0 Å². The summed E-state index contributed by atoms with van der Waals surface area (Å²) in [7, 11) is -3.87. The summed E-state index contributed by atoms with van der Waals surface area (Å²) in [6.45, 7) is 5.15. The molecule has 8 nitrogen and oxygen atoms in total. The molecule has 0 saturated carbocycles. The van der Waals surface area contributed by atoms with Crippen LogP contribution in [0.5, 0.6) is 0 Å². The second-order valence-electron chi connectivity index (χ2n) is 4.70. The molecule has 0 aromatic heterocycles. The molecular weight excluding hydrogens is 296 g/mol. The third-order valence-corrected chi connectivity index (χ3v) is 4.72. The number of amides is 1. The molecule has 0 aromatic carbocycles. The van der Waals surface area contributed by atoms with E-state index in [1.807, 2.05) is 16.5 Å². The van der Waals surface area contributed by atoms with E-state index in [2.05, 4.69) is 10.8 Å². The molecule has 0 spiro atoms. The van der Waals surface area contributed by atoms with Gasteiger partial charge >= 0.3 is 16.3 Å². The molecule has 1 rings (SSSR count). The first-order valence-corrected chi connectivity index (χ1v) is 8.46. The molecule has 1 N–H and O–H groups in total. The van der Waals surface area contributed by atoms with E-state index in [0.29, 0.717) is 13.1 Å². The summed E-state index contributed by atoms with van der Waals surface area (Å²) in [5, 5.41) is 9.12. The maximum absolute atomic E-state index is 12.0. The van der Waals surface area contributed by atoms with Crippen molar-refractivity contribution in [2.45, 2.75) is 32.7 Å². The summed E-state index contributed by atoms with van der Waals surface area (Å²) >= 11 is 0. The highest BCUT2D eigenvalue weighted by atomic mass is 32.2. The zero-order valence-electron chi connectivity index (χ0n) is 12.4. The van der Waals surface area contributed by atoms with Gasteiger partial charge in [-0.25, -0.2) is 9.52 Å². The average Bonchev–Trinajstić information content (AvgIpc) is 2.44. The summed E-state index contributed by atoms with van der Waals surface area (Å²) in [6, 6.07) is 2.06. The molecule has 1 aliphatic heterocycles. The fraction of sp³-hybridized carbons (Fsp3) is 0.833. The molecule has 0 radical (unpaired) electrons. The van der Waals surface area contributed by atoms with E-state index in [1.165, 1.54) is 4.31 Å². The molecule has 1 heterocycles. The summed E-state index contributed by atoms with van der Waals surface area (Å²) in [5.41, 5.74) is 0. The van der Waals surface area contributed by atoms with Gasteiger partial charge in [-0.15, -0.1) is 0 Å². The Bertz CT molecular complexity index is 480. The molecule has 1 aliphatic rings. The second kappa shape index (κ2) is 8.17. The monoisotopic (exact) mass is 318 g/mol. The molecule has 1 fully saturated rings. The van der Waals surface area contributed by atoms with Crippen molar-refractivity contribution in [3.05, 3.63) is 0 Å². The van der Waals surface area contributed by atoms with Crippen LogP contribution < -0.4 is 4.72 Å². The van der Waals surface area contributed by atoms with E-state index in [0.717, 1.165) is 12.8 Å². The Morgan fingerprint density at radius 1 is 1.33 bits per heavy atom. The lowest BCUT2D eigenvalue weighted by atomic mass is 10.1. The predicted octanol–water partition coefficient (Wildman–Crippen LogP) is 0.287. The van der Waals surface area contributed by atoms with Crippen LogP contribution in [0.25, 0.3) is 0 Å². The smallest absolute Gasteiger partial charge is 0.421 e. The number of carbonyl (C=O) groups is 1. The van der Waals surface area contributed by atoms with E-state index in [9.17, 15) is 13.2 Å². The summed E-state index contributed by atoms with van der Waals surface area (Å²) in [5.74, 6) is 0. The van der Waals surface area contributed by atoms with Gasteiger partial charge in [-0.05, 0) is 13.3 Å². The van der Waals surface area contributed by atoms with Crippen molar-refractivity contribution < 1.29 is 17.9 Å². The van der Waals surface area contributed by atoms with Crippen molar-refractivity contribution in [3.63, 3.8) is 0 Å². The Morgan fingerprint density at radius 2 is 1.95 bits per heavy atom. The van der Waals surface area contributed by atoms with Gasteiger partial charge in [0, 0.05) is 26.2 Å². The molecule has 1 atom stereocenters. The number of ether oxygens (including phenoxy) is 1. The Kier molecular flexibility index (Phi) is 6.87. The van der Waals surface area contributed by atoms with Crippen molar-refractivity contribution in [3.8, 4) is 6.07 Å². The number of piperazine rings is 1. The van der Waals surface area contributed by atoms with Gasteiger partial charge < -0.3 is 4.74 Å². The molecule has 1 amide bonds. The first-order chi connectivity index (χ1) is 9.94. The van der Waals surface area contributed by atoms with Crippen LogP contribution in [0.3, 0.4) is 0 Å². The predicted molar refractivity (Wildman–Crippen MR) is 76.5 cm³/mol. The number of rotatable bonds is 6. The highest BCUT2D eigenvalue weighted by Crippen LogP contribution is 2.12. The fourth-order valence-corrected chi connectivity index (χ4v) is 3.23. The lowest BCUT2D eigenvalue weighted by Gasteiger charge is -2.35. The van der Waals surface area contributed by atoms with E-state index < -0.39 is 16.3 Å². The highest BCUT2D eigenvalue weighted by Gasteiger charge is 2.30. The molecular formula is C12H22N4O4S. The van der Waals surface area contributed by atoms with Crippen molar-refractivity contribution in [1.29, 1.82) is 5.26 Å². The van der Waals surface area contributed by atoms with Crippen LogP contribution in [0.4, 0.5) is 4.79 Å². The zero-order chi connectivity index (χ0) is 15.9. The minimum absolute atomic E-state index is 0.107. The third-order valence-electron chi connectivity index (χ3n) is 3.25. The van der Waals surface area contributed by atoms with Crippen molar-refractivity contribution in [1.82, 2.24) is 13.9 Å². The van der Waals surface area contributed by atoms with Crippen LogP contribution in [0.2, 0.25) is 0 Å². The van der Waals surface area contributed by atoms with Gasteiger partial charge in [-0.1, -0.05) is 13.3 Å². The number of nitriles is 1. The van der Waals surface area contributed by atoms with Crippen molar-refractivity contribution >= 4 is 16.3 Å². The first-order valence-electron chi connectivity index (χ1n) is 7.02. The normalized spacial score (nSPS) is 18.7. The second-order valence-corrected chi connectivity index (χ2v) is 6.37. The van der Waals surface area contributed by atoms with Crippen LogP contribution in [0, 0.1) is 11.3 Å². The fourth-order valence-electron chi connectivity index (χ4n) is 2.19. The Balaban J connectivity index is 2.55. The zero-order valence-corrected chi connectivity index (χ0v) is 13.2. The molecule has 120 valence electrons.